The number of hydrogen-bond donors (Lipinski definition) is 0. The number of rotatable bonds is 11. The Labute approximate surface area is 195 Å². The Morgan fingerprint density at radius 1 is 1.10 bits per heavy atom. The molecule has 0 aliphatic carbocycles. The molecule has 1 aromatic rings. The van der Waals surface area contributed by atoms with Crippen LogP contribution in [0.1, 0.15) is 73.1 Å². The summed E-state index contributed by atoms with van der Waals surface area (Å²) in [5.74, 6) is 0.722. The molecule has 0 radical (unpaired) electrons. The molecule has 1 fully saturated rings. The van der Waals surface area contributed by atoms with Crippen molar-refractivity contribution in [3.8, 4) is 0 Å². The molecule has 0 spiro atoms. The average Bonchev–Trinajstić information content (AvgIpc) is 3.07. The Balaban J connectivity index is 1.99. The van der Waals surface area contributed by atoms with E-state index in [9.17, 15) is 4.79 Å². The molecule has 1 amide bonds. The quantitative estimate of drug-likeness (QED) is 0.272. The number of likely N-dealkylation sites (tertiary alicyclic amines) is 1. The highest BCUT2D eigenvalue weighted by Crippen LogP contribution is 2.50. The van der Waals surface area contributed by atoms with E-state index in [1.807, 2.05) is 31.7 Å². The first-order valence-electron chi connectivity index (χ1n) is 11.9. The Kier molecular flexibility index (Phi) is 10.5. The summed E-state index contributed by atoms with van der Waals surface area (Å²) in [5, 5.41) is 1.15. The summed E-state index contributed by atoms with van der Waals surface area (Å²) in [6, 6.07) is 10.4. The number of carbonyl (C=O) groups is 1. The second-order valence-corrected chi connectivity index (χ2v) is 14.2. The van der Waals surface area contributed by atoms with Crippen LogP contribution in [0.15, 0.2) is 30.3 Å². The molecule has 3 atom stereocenters. The standard InChI is InChI=1S/C25H42NO3PS/c1-6-7-8-9-10-14-17-28-30(31,23-15-12-11-13-16-23)20-22-19-26(18-21(22)2)24(27)29-25(3,4)5/h11-13,15-16,21-22H,6-10,14,17-20H2,1-5H3. The zero-order valence-corrected chi connectivity index (χ0v) is 21.9. The number of amides is 1. The third-order valence-electron chi connectivity index (χ3n) is 5.84. The summed E-state index contributed by atoms with van der Waals surface area (Å²) in [6.07, 6.45) is 5.89. The lowest BCUT2D eigenvalue weighted by atomic mass is 10.0. The van der Waals surface area contributed by atoms with E-state index >= 15 is 0 Å². The Morgan fingerprint density at radius 2 is 1.74 bits per heavy atom. The Hall–Kier alpha value is -0.900. The molecular formula is C25H42NO3PS. The molecule has 0 saturated carbocycles. The normalized spacial score (nSPS) is 21.1. The van der Waals surface area contributed by atoms with Gasteiger partial charge in [0.2, 0.25) is 0 Å². The van der Waals surface area contributed by atoms with Gasteiger partial charge in [-0.3, -0.25) is 0 Å². The fourth-order valence-electron chi connectivity index (χ4n) is 4.04. The largest absolute Gasteiger partial charge is 0.444 e. The van der Waals surface area contributed by atoms with E-state index in [0.717, 1.165) is 31.0 Å². The SMILES string of the molecule is CCCCCCCCOP(=S)(CC1CN(C(=O)OC(C)(C)C)CC1C)c1ccccc1. The Bertz CT molecular complexity index is 719. The van der Waals surface area contributed by atoms with Gasteiger partial charge in [0.15, 0.2) is 0 Å². The minimum atomic E-state index is -2.16. The second-order valence-electron chi connectivity index (χ2n) is 9.92. The van der Waals surface area contributed by atoms with Crippen molar-refractivity contribution in [3.05, 3.63) is 30.3 Å². The maximum absolute atomic E-state index is 12.6. The molecule has 1 aliphatic heterocycles. The van der Waals surface area contributed by atoms with Gasteiger partial charge in [-0.25, -0.2) is 4.79 Å². The van der Waals surface area contributed by atoms with Gasteiger partial charge in [0.25, 0.3) is 0 Å². The van der Waals surface area contributed by atoms with E-state index < -0.39 is 11.9 Å². The molecule has 1 aliphatic rings. The molecule has 2 rings (SSSR count). The van der Waals surface area contributed by atoms with Gasteiger partial charge < -0.3 is 14.2 Å². The van der Waals surface area contributed by atoms with Gasteiger partial charge in [-0.2, -0.15) is 0 Å². The van der Waals surface area contributed by atoms with Crippen LogP contribution in [0, 0.1) is 11.8 Å². The van der Waals surface area contributed by atoms with Crippen molar-refractivity contribution in [3.63, 3.8) is 0 Å². The summed E-state index contributed by atoms with van der Waals surface area (Å²) >= 11 is 6.22. The zero-order valence-electron chi connectivity index (χ0n) is 20.1. The molecule has 0 aromatic heterocycles. The van der Waals surface area contributed by atoms with Crippen LogP contribution in [0.3, 0.4) is 0 Å². The van der Waals surface area contributed by atoms with Gasteiger partial charge in [-0.05, 0) is 39.0 Å². The predicted octanol–water partition coefficient (Wildman–Crippen LogP) is 6.59. The molecule has 1 aromatic carbocycles. The Morgan fingerprint density at radius 3 is 2.39 bits per heavy atom. The van der Waals surface area contributed by atoms with E-state index in [4.69, 9.17) is 21.1 Å². The van der Waals surface area contributed by atoms with E-state index in [1.165, 1.54) is 32.1 Å². The molecular weight excluding hydrogens is 425 g/mol. The lowest BCUT2D eigenvalue weighted by Gasteiger charge is -2.28. The first-order valence-corrected chi connectivity index (χ1v) is 14.8. The maximum Gasteiger partial charge on any atom is 0.410 e. The molecule has 0 N–H and O–H groups in total. The molecule has 4 nitrogen and oxygen atoms in total. The molecule has 176 valence electrons. The van der Waals surface area contributed by atoms with Crippen LogP contribution < -0.4 is 5.30 Å². The third kappa shape index (κ3) is 8.86. The molecule has 31 heavy (non-hydrogen) atoms. The number of benzene rings is 1. The summed E-state index contributed by atoms with van der Waals surface area (Å²) in [5.41, 5.74) is -0.475. The van der Waals surface area contributed by atoms with Crippen LogP contribution in [-0.2, 0) is 21.1 Å². The van der Waals surface area contributed by atoms with Gasteiger partial charge in [-0.15, -0.1) is 0 Å². The lowest BCUT2D eigenvalue weighted by molar-refractivity contribution is 0.0285. The first kappa shape index (κ1) is 26.4. The van der Waals surface area contributed by atoms with Crippen molar-refractivity contribution in [1.82, 2.24) is 4.90 Å². The zero-order chi connectivity index (χ0) is 22.9. The predicted molar refractivity (Wildman–Crippen MR) is 135 cm³/mol. The minimum Gasteiger partial charge on any atom is -0.444 e. The van der Waals surface area contributed by atoms with Crippen molar-refractivity contribution in [2.75, 3.05) is 25.9 Å². The highest BCUT2D eigenvalue weighted by Gasteiger charge is 2.38. The molecule has 0 bridgehead atoms. The molecule has 6 heteroatoms. The van der Waals surface area contributed by atoms with Crippen LogP contribution in [0.2, 0.25) is 0 Å². The number of nitrogens with zero attached hydrogens (tertiary/aromatic N) is 1. The summed E-state index contributed by atoms with van der Waals surface area (Å²) < 4.78 is 12.1. The van der Waals surface area contributed by atoms with Crippen molar-refractivity contribution in [1.29, 1.82) is 0 Å². The molecule has 1 saturated heterocycles. The topological polar surface area (TPSA) is 38.8 Å². The van der Waals surface area contributed by atoms with Crippen molar-refractivity contribution in [2.45, 2.75) is 78.7 Å². The molecule has 1 heterocycles. The number of carbonyl (C=O) groups excluding carboxylic acids is 1. The van der Waals surface area contributed by atoms with E-state index in [-0.39, 0.29) is 6.09 Å². The van der Waals surface area contributed by atoms with E-state index in [2.05, 4.69) is 38.1 Å². The fraction of sp³-hybridized carbons (Fsp3) is 0.720. The van der Waals surface area contributed by atoms with Gasteiger partial charge in [0.1, 0.15) is 5.60 Å². The summed E-state index contributed by atoms with van der Waals surface area (Å²) in [6.45, 7) is 12.3. The van der Waals surface area contributed by atoms with E-state index in [0.29, 0.717) is 18.4 Å². The highest BCUT2D eigenvalue weighted by atomic mass is 32.4. The number of hydrogen-bond acceptors (Lipinski definition) is 4. The van der Waals surface area contributed by atoms with Gasteiger partial charge in [-0.1, -0.05) is 88.1 Å². The van der Waals surface area contributed by atoms with Crippen LogP contribution in [0.4, 0.5) is 4.79 Å². The first-order chi connectivity index (χ1) is 14.6. The van der Waals surface area contributed by atoms with Crippen LogP contribution in [-0.4, -0.2) is 42.5 Å². The third-order valence-corrected chi connectivity index (χ3v) is 9.87. The van der Waals surface area contributed by atoms with Crippen LogP contribution in [0.25, 0.3) is 0 Å². The van der Waals surface area contributed by atoms with Gasteiger partial charge >= 0.3 is 6.09 Å². The summed E-state index contributed by atoms with van der Waals surface area (Å²) in [4.78, 5) is 14.4. The van der Waals surface area contributed by atoms with E-state index in [1.54, 1.807) is 0 Å². The fourth-order valence-corrected chi connectivity index (χ4v) is 7.81. The number of ether oxygens (including phenoxy) is 1. The van der Waals surface area contributed by atoms with Crippen molar-refractivity contribution >= 4 is 29.5 Å². The lowest BCUT2D eigenvalue weighted by Crippen LogP contribution is -2.35. The highest BCUT2D eigenvalue weighted by molar-refractivity contribution is 8.15. The summed E-state index contributed by atoms with van der Waals surface area (Å²) in [7, 11) is 0. The maximum atomic E-state index is 12.6. The van der Waals surface area contributed by atoms with Gasteiger partial charge in [0, 0.05) is 24.6 Å². The van der Waals surface area contributed by atoms with Crippen molar-refractivity contribution < 1.29 is 14.1 Å². The van der Waals surface area contributed by atoms with Crippen LogP contribution in [0.5, 0.6) is 0 Å². The average molecular weight is 468 g/mol. The van der Waals surface area contributed by atoms with Crippen molar-refractivity contribution in [2.24, 2.45) is 11.8 Å². The minimum absolute atomic E-state index is 0.220. The molecule has 3 unspecified atom stereocenters. The van der Waals surface area contributed by atoms with Gasteiger partial charge in [0.05, 0.1) is 12.9 Å². The smallest absolute Gasteiger partial charge is 0.410 e. The number of unbranched alkanes of at least 4 members (excludes halogenated alkanes) is 5. The second kappa shape index (κ2) is 12.4. The van der Waals surface area contributed by atoms with Crippen LogP contribution >= 0.6 is 6.26 Å². The monoisotopic (exact) mass is 467 g/mol.